The summed E-state index contributed by atoms with van der Waals surface area (Å²) in [6, 6.07) is 5.07. The number of carbonyl (C=O) groups is 2. The van der Waals surface area contributed by atoms with Crippen molar-refractivity contribution in [2.24, 2.45) is 0 Å². The number of carbonyl (C=O) groups excluding carboxylic acids is 1. The first kappa shape index (κ1) is 16.2. The smallest absolute Gasteiger partial charge is 0.325 e. The van der Waals surface area contributed by atoms with Crippen molar-refractivity contribution in [1.29, 1.82) is 0 Å². The van der Waals surface area contributed by atoms with Gasteiger partial charge in [0.2, 0.25) is 0 Å². The van der Waals surface area contributed by atoms with Crippen LogP contribution >= 0.6 is 0 Å². The van der Waals surface area contributed by atoms with E-state index >= 15 is 0 Å². The van der Waals surface area contributed by atoms with E-state index in [1.165, 1.54) is 19.1 Å². The topological polar surface area (TPSA) is 101 Å². The van der Waals surface area contributed by atoms with Crippen LogP contribution in [0.4, 0.5) is 0 Å². The first-order valence-corrected chi connectivity index (χ1v) is 7.90. The molecule has 0 aromatic heterocycles. The molecular weight excluding hydrogens is 282 g/mol. The Hall–Kier alpha value is -1.89. The van der Waals surface area contributed by atoms with Gasteiger partial charge < -0.3 is 10.4 Å². The number of benzene rings is 1. The van der Waals surface area contributed by atoms with Crippen LogP contribution in [-0.2, 0) is 20.4 Å². The second-order valence-corrected chi connectivity index (χ2v) is 6.76. The van der Waals surface area contributed by atoms with E-state index in [4.69, 9.17) is 5.11 Å². The van der Waals surface area contributed by atoms with Crippen LogP contribution in [0, 0.1) is 0 Å². The van der Waals surface area contributed by atoms with Gasteiger partial charge in [0, 0.05) is 11.3 Å². The minimum atomic E-state index is -3.11. The number of sulfone groups is 1. The minimum absolute atomic E-state index is 0.0609. The molecule has 20 heavy (non-hydrogen) atoms. The molecule has 0 spiro atoms. The predicted octanol–water partition coefficient (Wildman–Crippen LogP) is 0.824. The molecule has 1 atom stereocenters. The van der Waals surface area contributed by atoms with Gasteiger partial charge >= 0.3 is 5.97 Å². The van der Waals surface area contributed by atoms with Crippen LogP contribution < -0.4 is 5.32 Å². The van der Waals surface area contributed by atoms with Crippen LogP contribution in [0.2, 0.25) is 0 Å². The maximum Gasteiger partial charge on any atom is 0.325 e. The van der Waals surface area contributed by atoms with Crippen LogP contribution in [0.1, 0.15) is 29.8 Å². The van der Waals surface area contributed by atoms with E-state index in [1.807, 2.05) is 0 Å². The largest absolute Gasteiger partial charge is 0.480 e. The highest BCUT2D eigenvalue weighted by atomic mass is 32.2. The molecule has 7 heteroatoms. The van der Waals surface area contributed by atoms with Crippen molar-refractivity contribution in [3.63, 3.8) is 0 Å². The molecule has 1 aromatic carbocycles. The van der Waals surface area contributed by atoms with Crippen molar-refractivity contribution in [1.82, 2.24) is 5.32 Å². The molecule has 0 heterocycles. The monoisotopic (exact) mass is 299 g/mol. The second-order valence-electron chi connectivity index (χ2n) is 4.41. The third-order valence-corrected chi connectivity index (χ3v) is 4.41. The molecule has 0 fully saturated rings. The van der Waals surface area contributed by atoms with Crippen molar-refractivity contribution >= 4 is 21.7 Å². The molecule has 6 nitrogen and oxygen atoms in total. The molecule has 0 aliphatic carbocycles. The van der Waals surface area contributed by atoms with E-state index in [2.05, 4.69) is 5.32 Å². The minimum Gasteiger partial charge on any atom is -0.480 e. The van der Waals surface area contributed by atoms with Crippen molar-refractivity contribution in [2.75, 3.05) is 5.75 Å². The molecule has 1 rings (SSSR count). The number of hydrogen-bond acceptors (Lipinski definition) is 4. The third-order valence-electron chi connectivity index (χ3n) is 2.76. The van der Waals surface area contributed by atoms with E-state index in [0.717, 1.165) is 0 Å². The summed E-state index contributed by atoms with van der Waals surface area (Å²) in [5, 5.41) is 11.0. The fraction of sp³-hybridized carbons (Fsp3) is 0.385. The predicted molar refractivity (Wildman–Crippen MR) is 74.2 cm³/mol. The summed E-state index contributed by atoms with van der Waals surface area (Å²) in [6.07, 6.45) is 0. The van der Waals surface area contributed by atoms with Gasteiger partial charge in [-0.25, -0.2) is 8.42 Å². The Bertz CT molecular complexity index is 592. The highest BCUT2D eigenvalue weighted by Crippen LogP contribution is 2.09. The Morgan fingerprint density at radius 1 is 1.25 bits per heavy atom. The first-order valence-electron chi connectivity index (χ1n) is 6.08. The zero-order chi connectivity index (χ0) is 15.3. The number of aliphatic carboxylic acids is 1. The van der Waals surface area contributed by atoms with Gasteiger partial charge in [0.1, 0.15) is 6.04 Å². The zero-order valence-electron chi connectivity index (χ0n) is 11.3. The molecule has 0 aliphatic rings. The third kappa shape index (κ3) is 4.65. The molecule has 0 saturated heterocycles. The molecule has 0 bridgehead atoms. The van der Waals surface area contributed by atoms with Crippen molar-refractivity contribution < 1.29 is 23.1 Å². The Morgan fingerprint density at radius 2 is 1.80 bits per heavy atom. The fourth-order valence-electron chi connectivity index (χ4n) is 1.45. The Balaban J connectivity index is 2.76. The van der Waals surface area contributed by atoms with Crippen LogP contribution in [0.3, 0.4) is 0 Å². The molecule has 1 aromatic rings. The van der Waals surface area contributed by atoms with E-state index < -0.39 is 27.8 Å². The molecule has 0 aliphatic heterocycles. The van der Waals surface area contributed by atoms with Crippen molar-refractivity contribution in [2.45, 2.75) is 25.6 Å². The van der Waals surface area contributed by atoms with Crippen molar-refractivity contribution in [3.8, 4) is 0 Å². The van der Waals surface area contributed by atoms with Gasteiger partial charge in [0.15, 0.2) is 9.84 Å². The highest BCUT2D eigenvalue weighted by molar-refractivity contribution is 7.90. The van der Waals surface area contributed by atoms with Crippen molar-refractivity contribution in [3.05, 3.63) is 35.4 Å². The maximum atomic E-state index is 11.7. The van der Waals surface area contributed by atoms with Gasteiger partial charge in [-0.2, -0.15) is 0 Å². The molecule has 1 amide bonds. The molecule has 0 radical (unpaired) electrons. The second kappa shape index (κ2) is 6.51. The van der Waals surface area contributed by atoms with Crippen LogP contribution in [0.5, 0.6) is 0 Å². The van der Waals surface area contributed by atoms with E-state index in [1.54, 1.807) is 19.1 Å². The van der Waals surface area contributed by atoms with E-state index in [0.29, 0.717) is 5.56 Å². The van der Waals surface area contributed by atoms with Gasteiger partial charge in [0.05, 0.1) is 5.75 Å². The van der Waals surface area contributed by atoms with E-state index in [-0.39, 0.29) is 17.1 Å². The fourth-order valence-corrected chi connectivity index (χ4v) is 2.35. The highest BCUT2D eigenvalue weighted by Gasteiger charge is 2.15. The number of hydrogen-bond donors (Lipinski definition) is 2. The summed E-state index contributed by atoms with van der Waals surface area (Å²) in [6.45, 7) is 2.94. The average Bonchev–Trinajstić information content (AvgIpc) is 2.38. The quantitative estimate of drug-likeness (QED) is 0.810. The zero-order valence-corrected chi connectivity index (χ0v) is 12.1. The summed E-state index contributed by atoms with van der Waals surface area (Å²) >= 11 is 0. The molecule has 0 saturated carbocycles. The number of carboxylic acids is 1. The lowest BCUT2D eigenvalue weighted by atomic mass is 10.1. The van der Waals surface area contributed by atoms with Gasteiger partial charge in [-0.05, 0) is 24.6 Å². The lowest BCUT2D eigenvalue weighted by Gasteiger charge is -2.09. The molecule has 2 N–H and O–H groups in total. The SMILES string of the molecule is CCS(=O)(=O)Cc1ccc(C(=O)NC(C)C(=O)O)cc1. The normalized spacial score (nSPS) is 12.7. The lowest BCUT2D eigenvalue weighted by molar-refractivity contribution is -0.138. The number of nitrogens with one attached hydrogen (secondary N) is 1. The molecule has 1 unspecified atom stereocenters. The Kier molecular flexibility index (Phi) is 5.26. The van der Waals surface area contributed by atoms with Crippen LogP contribution in [0.15, 0.2) is 24.3 Å². The average molecular weight is 299 g/mol. The number of carboxylic acid groups (broad SMARTS) is 1. The number of amides is 1. The summed E-state index contributed by atoms with van der Waals surface area (Å²) in [4.78, 5) is 22.3. The van der Waals surface area contributed by atoms with E-state index in [9.17, 15) is 18.0 Å². The standard InChI is InChI=1S/C13H17NO5S/c1-3-20(18,19)8-10-4-6-11(7-5-10)12(15)14-9(2)13(16)17/h4-7,9H,3,8H2,1-2H3,(H,14,15)(H,16,17). The molecular formula is C13H17NO5S. The Labute approximate surface area is 117 Å². The summed E-state index contributed by atoms with van der Waals surface area (Å²) in [5.41, 5.74) is 0.880. The lowest BCUT2D eigenvalue weighted by Crippen LogP contribution is -2.38. The summed E-state index contributed by atoms with van der Waals surface area (Å²) in [5.74, 6) is -1.64. The van der Waals surface area contributed by atoms with Gasteiger partial charge in [-0.15, -0.1) is 0 Å². The van der Waals surface area contributed by atoms with Gasteiger partial charge in [0.25, 0.3) is 5.91 Å². The number of rotatable bonds is 6. The maximum absolute atomic E-state index is 11.7. The Morgan fingerprint density at radius 3 is 2.25 bits per heavy atom. The molecule has 110 valence electrons. The summed E-state index contributed by atoms with van der Waals surface area (Å²) < 4.78 is 22.9. The summed E-state index contributed by atoms with van der Waals surface area (Å²) in [7, 11) is -3.11. The van der Waals surface area contributed by atoms with Crippen LogP contribution in [-0.4, -0.2) is 37.2 Å². The first-order chi connectivity index (χ1) is 9.25. The van der Waals surface area contributed by atoms with Gasteiger partial charge in [-0.3, -0.25) is 9.59 Å². The van der Waals surface area contributed by atoms with Gasteiger partial charge in [-0.1, -0.05) is 19.1 Å². The van der Waals surface area contributed by atoms with Crippen LogP contribution in [0.25, 0.3) is 0 Å².